The van der Waals surface area contributed by atoms with Crippen LogP contribution in [0.5, 0.6) is 0 Å². The van der Waals surface area contributed by atoms with Crippen molar-refractivity contribution in [2.45, 2.75) is 57.8 Å². The van der Waals surface area contributed by atoms with E-state index in [2.05, 4.69) is 18.2 Å². The molecule has 18 heavy (non-hydrogen) atoms. The highest BCUT2D eigenvalue weighted by molar-refractivity contribution is 5.43. The second-order valence-electron chi connectivity index (χ2n) is 6.75. The monoisotopic (exact) mass is 240 g/mol. The minimum absolute atomic E-state index is 0.893. The van der Waals surface area contributed by atoms with Crippen LogP contribution in [0.25, 0.3) is 0 Å². The Labute approximate surface area is 111 Å². The Morgan fingerprint density at radius 1 is 0.889 bits per heavy atom. The normalized spacial score (nSPS) is 38.7. The van der Waals surface area contributed by atoms with Gasteiger partial charge in [0.15, 0.2) is 0 Å². The molecule has 1 fully saturated rings. The molecule has 4 rings (SSSR count). The van der Waals surface area contributed by atoms with Crippen LogP contribution < -0.4 is 0 Å². The molecule has 0 spiro atoms. The van der Waals surface area contributed by atoms with E-state index in [1.54, 1.807) is 11.1 Å². The van der Waals surface area contributed by atoms with E-state index in [0.717, 1.165) is 17.8 Å². The zero-order chi connectivity index (χ0) is 11.9. The molecule has 1 saturated carbocycles. The van der Waals surface area contributed by atoms with Crippen molar-refractivity contribution in [2.24, 2.45) is 17.8 Å². The number of hydrogen-bond acceptors (Lipinski definition) is 0. The summed E-state index contributed by atoms with van der Waals surface area (Å²) >= 11 is 0. The number of allylic oxidation sites excluding steroid dienone is 6. The summed E-state index contributed by atoms with van der Waals surface area (Å²) in [5.74, 6) is 2.78. The summed E-state index contributed by atoms with van der Waals surface area (Å²) in [6.07, 6.45) is 20.4. The number of hydrogen-bond donors (Lipinski definition) is 0. The zero-order valence-corrected chi connectivity index (χ0v) is 11.3. The van der Waals surface area contributed by atoms with Gasteiger partial charge in [-0.3, -0.25) is 0 Å². The smallest absolute Gasteiger partial charge is 0.0153 e. The van der Waals surface area contributed by atoms with Gasteiger partial charge in [-0.25, -0.2) is 0 Å². The fourth-order valence-electron chi connectivity index (χ4n) is 4.82. The van der Waals surface area contributed by atoms with E-state index in [0.29, 0.717) is 0 Å². The molecule has 0 radical (unpaired) electrons. The summed E-state index contributed by atoms with van der Waals surface area (Å²) in [5, 5.41) is 0. The van der Waals surface area contributed by atoms with E-state index >= 15 is 0 Å². The Morgan fingerprint density at radius 3 is 2.83 bits per heavy atom. The largest absolute Gasteiger partial charge is 0.0842 e. The second-order valence-corrected chi connectivity index (χ2v) is 6.75. The van der Waals surface area contributed by atoms with Crippen molar-refractivity contribution in [3.8, 4) is 0 Å². The van der Waals surface area contributed by atoms with Crippen molar-refractivity contribution in [1.82, 2.24) is 0 Å². The maximum absolute atomic E-state index is 2.61. The molecule has 0 aromatic rings. The van der Waals surface area contributed by atoms with Gasteiger partial charge in [0.25, 0.3) is 0 Å². The predicted molar refractivity (Wildman–Crippen MR) is 76.3 cm³/mol. The fraction of sp³-hybridized carbons (Fsp3) is 0.667. The van der Waals surface area contributed by atoms with E-state index in [1.165, 1.54) is 57.8 Å². The van der Waals surface area contributed by atoms with Crippen LogP contribution in [0.2, 0.25) is 0 Å². The summed E-state index contributed by atoms with van der Waals surface area (Å²) in [5.41, 5.74) is 5.33. The SMILES string of the molecule is C1=CC2=CC3=C4CCCCC4CCC3CC2CC1. The van der Waals surface area contributed by atoms with Crippen LogP contribution in [0.3, 0.4) is 0 Å². The maximum atomic E-state index is 2.61. The van der Waals surface area contributed by atoms with Crippen molar-refractivity contribution >= 4 is 0 Å². The highest BCUT2D eigenvalue weighted by Crippen LogP contribution is 2.49. The molecule has 0 aromatic heterocycles. The predicted octanol–water partition coefficient (Wildman–Crippen LogP) is 5.18. The topological polar surface area (TPSA) is 0 Å². The second kappa shape index (κ2) is 4.40. The maximum Gasteiger partial charge on any atom is -0.0153 e. The van der Waals surface area contributed by atoms with Crippen molar-refractivity contribution in [3.63, 3.8) is 0 Å². The molecule has 96 valence electrons. The Balaban J connectivity index is 1.76. The summed E-state index contributed by atoms with van der Waals surface area (Å²) < 4.78 is 0. The van der Waals surface area contributed by atoms with Gasteiger partial charge in [0.05, 0.1) is 0 Å². The lowest BCUT2D eigenvalue weighted by atomic mass is 9.64. The zero-order valence-electron chi connectivity index (χ0n) is 11.3. The minimum atomic E-state index is 0.893. The van der Waals surface area contributed by atoms with E-state index < -0.39 is 0 Å². The molecular formula is C18H24. The van der Waals surface area contributed by atoms with Crippen LogP contribution in [-0.2, 0) is 0 Å². The van der Waals surface area contributed by atoms with Crippen molar-refractivity contribution in [3.05, 3.63) is 34.9 Å². The van der Waals surface area contributed by atoms with Gasteiger partial charge in [0.1, 0.15) is 0 Å². The molecule has 0 amide bonds. The first-order valence-electron chi connectivity index (χ1n) is 8.03. The highest BCUT2D eigenvalue weighted by Gasteiger charge is 2.34. The van der Waals surface area contributed by atoms with E-state index in [9.17, 15) is 0 Å². The van der Waals surface area contributed by atoms with Crippen LogP contribution in [0.1, 0.15) is 57.8 Å². The standard InChI is InChI=1S/C18H24/c1-2-7-15-12-18-16(11-14(15)6-1)10-9-13-5-3-4-8-17(13)18/h2,7,12-14,16H,1,3-6,8-11H2. The van der Waals surface area contributed by atoms with Crippen molar-refractivity contribution in [2.75, 3.05) is 0 Å². The molecule has 0 aromatic carbocycles. The van der Waals surface area contributed by atoms with E-state index in [-0.39, 0.29) is 0 Å². The summed E-state index contributed by atoms with van der Waals surface area (Å²) in [6, 6.07) is 0. The van der Waals surface area contributed by atoms with E-state index in [4.69, 9.17) is 0 Å². The van der Waals surface area contributed by atoms with Gasteiger partial charge < -0.3 is 0 Å². The first-order chi connectivity index (χ1) is 8.92. The third-order valence-corrected chi connectivity index (χ3v) is 5.77. The number of rotatable bonds is 0. The Hall–Kier alpha value is -0.780. The molecule has 0 saturated heterocycles. The summed E-state index contributed by atoms with van der Waals surface area (Å²) in [7, 11) is 0. The van der Waals surface area contributed by atoms with Gasteiger partial charge in [-0.2, -0.15) is 0 Å². The molecule has 0 N–H and O–H groups in total. The molecule has 0 heteroatoms. The van der Waals surface area contributed by atoms with Crippen molar-refractivity contribution in [1.29, 1.82) is 0 Å². The lowest BCUT2D eigenvalue weighted by Gasteiger charge is -2.41. The average molecular weight is 240 g/mol. The van der Waals surface area contributed by atoms with Crippen LogP contribution >= 0.6 is 0 Å². The molecule has 0 aliphatic heterocycles. The molecule has 0 heterocycles. The number of fused-ring (bicyclic) bond motifs is 3. The highest BCUT2D eigenvalue weighted by atomic mass is 14.4. The van der Waals surface area contributed by atoms with Gasteiger partial charge in [-0.1, -0.05) is 30.2 Å². The van der Waals surface area contributed by atoms with Crippen molar-refractivity contribution < 1.29 is 0 Å². The molecule has 3 atom stereocenters. The van der Waals surface area contributed by atoms with Gasteiger partial charge in [0.2, 0.25) is 0 Å². The molecule has 4 aliphatic rings. The van der Waals surface area contributed by atoms with Gasteiger partial charge in [-0.05, 0) is 80.3 Å². The average Bonchev–Trinajstić information content (AvgIpc) is 2.45. The van der Waals surface area contributed by atoms with Crippen LogP contribution in [0.15, 0.2) is 34.9 Å². The third kappa shape index (κ3) is 1.73. The van der Waals surface area contributed by atoms with Crippen LogP contribution in [0.4, 0.5) is 0 Å². The van der Waals surface area contributed by atoms with E-state index in [1.807, 2.05) is 5.57 Å². The fourth-order valence-corrected chi connectivity index (χ4v) is 4.82. The minimum Gasteiger partial charge on any atom is -0.0842 e. The summed E-state index contributed by atoms with van der Waals surface area (Å²) in [6.45, 7) is 0. The molecule has 0 bridgehead atoms. The molecule has 3 unspecified atom stereocenters. The first kappa shape index (κ1) is 11.1. The van der Waals surface area contributed by atoms with Gasteiger partial charge >= 0.3 is 0 Å². The lowest BCUT2D eigenvalue weighted by Crippen LogP contribution is -2.27. The van der Waals surface area contributed by atoms with Gasteiger partial charge in [0, 0.05) is 0 Å². The Bertz CT molecular complexity index is 435. The summed E-state index contributed by atoms with van der Waals surface area (Å²) in [4.78, 5) is 0. The molecule has 4 aliphatic carbocycles. The lowest BCUT2D eigenvalue weighted by molar-refractivity contribution is 0.312. The van der Waals surface area contributed by atoms with Crippen LogP contribution in [0, 0.1) is 17.8 Å². The Kier molecular flexibility index (Phi) is 2.71. The third-order valence-electron chi connectivity index (χ3n) is 5.77. The Morgan fingerprint density at radius 2 is 1.83 bits per heavy atom. The molecule has 0 nitrogen and oxygen atoms in total. The quantitative estimate of drug-likeness (QED) is 0.547. The van der Waals surface area contributed by atoms with Gasteiger partial charge in [-0.15, -0.1) is 0 Å². The van der Waals surface area contributed by atoms with Crippen LogP contribution in [-0.4, -0.2) is 0 Å². The molecular weight excluding hydrogens is 216 g/mol. The first-order valence-corrected chi connectivity index (χ1v) is 8.03.